The Morgan fingerprint density at radius 2 is 1.33 bits per heavy atom. The first-order chi connectivity index (χ1) is 14.4. The molecule has 0 radical (unpaired) electrons. The van der Waals surface area contributed by atoms with Crippen molar-refractivity contribution in [2.45, 2.75) is 123 Å². The molecule has 0 saturated carbocycles. The summed E-state index contributed by atoms with van der Waals surface area (Å²) in [7, 11) is -4.23. The van der Waals surface area contributed by atoms with Crippen molar-refractivity contribution in [3.8, 4) is 5.75 Å². The molecule has 1 aromatic carbocycles. The molecule has 4 nitrogen and oxygen atoms in total. The molecular formula is C25H44O4S. The molecule has 0 aliphatic carbocycles. The Morgan fingerprint density at radius 1 is 0.800 bits per heavy atom. The second-order valence-corrected chi connectivity index (χ2v) is 9.96. The van der Waals surface area contributed by atoms with Gasteiger partial charge in [0.15, 0.2) is 0 Å². The minimum Gasteiger partial charge on any atom is -0.472 e. The molecule has 1 N–H and O–H groups in total. The van der Waals surface area contributed by atoms with Gasteiger partial charge in [-0.05, 0) is 49.3 Å². The van der Waals surface area contributed by atoms with Crippen LogP contribution in [-0.4, -0.2) is 18.4 Å². The van der Waals surface area contributed by atoms with E-state index < -0.39 is 15.6 Å². The van der Waals surface area contributed by atoms with Gasteiger partial charge in [0.25, 0.3) is 0 Å². The summed E-state index contributed by atoms with van der Waals surface area (Å²) in [6, 6.07) is 5.95. The number of hydrogen-bond acceptors (Lipinski definition) is 3. The van der Waals surface area contributed by atoms with Crippen molar-refractivity contribution in [1.82, 2.24) is 0 Å². The van der Waals surface area contributed by atoms with Crippen LogP contribution in [0.25, 0.3) is 0 Å². The first-order valence-electron chi connectivity index (χ1n) is 12.2. The van der Waals surface area contributed by atoms with Gasteiger partial charge in [-0.3, -0.25) is 4.55 Å². The van der Waals surface area contributed by atoms with Crippen molar-refractivity contribution in [2.24, 2.45) is 0 Å². The second-order valence-electron chi connectivity index (χ2n) is 8.40. The molecule has 0 aliphatic rings. The maximum absolute atomic E-state index is 11.7. The smallest absolute Gasteiger partial charge is 0.303 e. The van der Waals surface area contributed by atoms with Crippen molar-refractivity contribution >= 4 is 10.1 Å². The lowest BCUT2D eigenvalue weighted by molar-refractivity contribution is 0.250. The van der Waals surface area contributed by atoms with E-state index in [0.29, 0.717) is 5.75 Å². The molecule has 30 heavy (non-hydrogen) atoms. The number of hydrogen-bond donors (Lipinski definition) is 1. The monoisotopic (exact) mass is 440 g/mol. The minimum absolute atomic E-state index is 0.219. The van der Waals surface area contributed by atoms with Crippen LogP contribution in [0.2, 0.25) is 0 Å². The Bertz CT molecular complexity index is 670. The molecule has 0 amide bonds. The van der Waals surface area contributed by atoms with E-state index in [0.717, 1.165) is 31.2 Å². The lowest BCUT2D eigenvalue weighted by Crippen LogP contribution is -2.26. The number of aryl methyl sites for hydroxylation is 1. The maximum Gasteiger partial charge on any atom is 0.303 e. The van der Waals surface area contributed by atoms with Crippen molar-refractivity contribution in [1.29, 1.82) is 0 Å². The van der Waals surface area contributed by atoms with Gasteiger partial charge in [-0.2, -0.15) is 8.42 Å². The predicted octanol–water partition coefficient (Wildman–Crippen LogP) is 7.50. The average Bonchev–Trinajstić information content (AvgIpc) is 2.71. The van der Waals surface area contributed by atoms with Gasteiger partial charge in [-0.15, -0.1) is 0 Å². The maximum atomic E-state index is 11.7. The van der Waals surface area contributed by atoms with Crippen molar-refractivity contribution < 1.29 is 17.7 Å². The lowest BCUT2D eigenvalue weighted by atomic mass is 9.95. The zero-order valence-electron chi connectivity index (χ0n) is 19.5. The highest BCUT2D eigenvalue weighted by Gasteiger charge is 2.24. The van der Waals surface area contributed by atoms with Gasteiger partial charge in [0, 0.05) is 0 Å². The molecule has 174 valence electrons. The van der Waals surface area contributed by atoms with Gasteiger partial charge in [0.05, 0.1) is 0 Å². The van der Waals surface area contributed by atoms with Gasteiger partial charge in [0.1, 0.15) is 5.75 Å². The number of unbranched alkanes of at least 4 members (excludes halogenated alkanes) is 10. The van der Waals surface area contributed by atoms with Crippen molar-refractivity contribution in [3.63, 3.8) is 0 Å². The van der Waals surface area contributed by atoms with E-state index >= 15 is 0 Å². The van der Waals surface area contributed by atoms with Gasteiger partial charge in [-0.25, -0.2) is 0 Å². The minimum atomic E-state index is -4.23. The summed E-state index contributed by atoms with van der Waals surface area (Å²) >= 11 is 0. The van der Waals surface area contributed by atoms with E-state index in [4.69, 9.17) is 4.74 Å². The molecule has 0 fully saturated rings. The molecule has 5 heteroatoms. The van der Waals surface area contributed by atoms with E-state index in [9.17, 15) is 13.0 Å². The van der Waals surface area contributed by atoms with Crippen LogP contribution in [0.15, 0.2) is 18.2 Å². The lowest BCUT2D eigenvalue weighted by Gasteiger charge is -2.20. The second kappa shape index (κ2) is 15.7. The van der Waals surface area contributed by atoms with Crippen LogP contribution >= 0.6 is 0 Å². The normalized spacial score (nSPS) is 12.8. The third kappa shape index (κ3) is 10.8. The van der Waals surface area contributed by atoms with Crippen LogP contribution in [0, 0.1) is 0 Å². The summed E-state index contributed by atoms with van der Waals surface area (Å²) < 4.78 is 38.6. The first kappa shape index (κ1) is 27.0. The van der Waals surface area contributed by atoms with Gasteiger partial charge >= 0.3 is 10.1 Å². The van der Waals surface area contributed by atoms with Crippen molar-refractivity contribution in [3.05, 3.63) is 29.3 Å². The van der Waals surface area contributed by atoms with E-state index in [-0.39, 0.29) is 6.42 Å². The zero-order valence-corrected chi connectivity index (χ0v) is 20.3. The summed E-state index contributed by atoms with van der Waals surface area (Å²) in [5.74, 6) is 0.622. The average molecular weight is 441 g/mol. The molecule has 1 aromatic rings. The quantitative estimate of drug-likeness (QED) is 0.190. The van der Waals surface area contributed by atoms with Gasteiger partial charge in [0.2, 0.25) is 5.44 Å². The zero-order chi connectivity index (χ0) is 22.2. The molecule has 0 heterocycles. The molecule has 0 bridgehead atoms. The molecule has 0 saturated heterocycles. The molecule has 1 unspecified atom stereocenters. The fourth-order valence-electron chi connectivity index (χ4n) is 3.91. The molecule has 0 aromatic heterocycles. The summed E-state index contributed by atoms with van der Waals surface area (Å²) in [6.07, 6.45) is 16.9. The predicted molar refractivity (Wildman–Crippen MR) is 127 cm³/mol. The number of ether oxygens (including phenoxy) is 1. The van der Waals surface area contributed by atoms with Crippen LogP contribution in [-0.2, 0) is 23.0 Å². The van der Waals surface area contributed by atoms with E-state index in [2.05, 4.69) is 19.9 Å². The Kier molecular flexibility index (Phi) is 14.1. The topological polar surface area (TPSA) is 63.6 Å². The highest BCUT2D eigenvalue weighted by Crippen LogP contribution is 2.29. The first-order valence-corrected chi connectivity index (χ1v) is 13.7. The Hall–Kier alpha value is -1.07. The molecule has 0 spiro atoms. The summed E-state index contributed by atoms with van der Waals surface area (Å²) in [5, 5.41) is 0. The summed E-state index contributed by atoms with van der Waals surface area (Å²) in [4.78, 5) is 0. The van der Waals surface area contributed by atoms with Gasteiger partial charge < -0.3 is 4.74 Å². The third-order valence-electron chi connectivity index (χ3n) is 5.73. The number of benzene rings is 1. The molecule has 1 atom stereocenters. The molecule has 0 aliphatic heterocycles. The highest BCUT2D eigenvalue weighted by atomic mass is 32.2. The molecular weight excluding hydrogens is 396 g/mol. The van der Waals surface area contributed by atoms with E-state index in [1.165, 1.54) is 69.8 Å². The highest BCUT2D eigenvalue weighted by molar-refractivity contribution is 7.86. The SMILES string of the molecule is CCCCCCCCc1cccc(OC(CC)S(=O)(=O)O)c1CCCCCCCC. The van der Waals surface area contributed by atoms with E-state index in [1.54, 1.807) is 6.92 Å². The van der Waals surface area contributed by atoms with Crippen LogP contribution in [0.4, 0.5) is 0 Å². The summed E-state index contributed by atoms with van der Waals surface area (Å²) in [5.41, 5.74) is 1.19. The van der Waals surface area contributed by atoms with Crippen LogP contribution < -0.4 is 4.74 Å². The largest absolute Gasteiger partial charge is 0.472 e. The standard InChI is InChI=1S/C25H44O4S/c1-4-7-9-11-13-15-18-22-19-17-21-24(29-25(6-3)30(26,27)28)23(22)20-16-14-12-10-8-5-2/h17,19,21,25H,4-16,18,20H2,1-3H3,(H,26,27,28). The number of rotatable bonds is 18. The van der Waals surface area contributed by atoms with Crippen LogP contribution in [0.1, 0.15) is 115 Å². The fraction of sp³-hybridized carbons (Fsp3) is 0.760. The fourth-order valence-corrected chi connectivity index (χ4v) is 4.56. The van der Waals surface area contributed by atoms with E-state index in [1.807, 2.05) is 12.1 Å². The third-order valence-corrected chi connectivity index (χ3v) is 6.83. The Balaban J connectivity index is 2.83. The van der Waals surface area contributed by atoms with Crippen molar-refractivity contribution in [2.75, 3.05) is 0 Å². The summed E-state index contributed by atoms with van der Waals surface area (Å²) in [6.45, 7) is 6.17. The Morgan fingerprint density at radius 3 is 1.87 bits per heavy atom. The van der Waals surface area contributed by atoms with Gasteiger partial charge in [-0.1, -0.05) is 97.1 Å². The van der Waals surface area contributed by atoms with Crippen LogP contribution in [0.3, 0.4) is 0 Å². The molecule has 1 rings (SSSR count). The van der Waals surface area contributed by atoms with Crippen LogP contribution in [0.5, 0.6) is 5.75 Å². The Labute approximate surface area is 185 Å².